The number of aryl methyl sites for hydroxylation is 1. The summed E-state index contributed by atoms with van der Waals surface area (Å²) in [6.07, 6.45) is 0.663. The average molecular weight is 254 g/mol. The van der Waals surface area contributed by atoms with Gasteiger partial charge in [0.15, 0.2) is 6.29 Å². The molecule has 0 amide bonds. The van der Waals surface area contributed by atoms with E-state index in [2.05, 4.69) is 10.2 Å². The number of hydrogen-bond donors (Lipinski definition) is 2. The van der Waals surface area contributed by atoms with Crippen molar-refractivity contribution < 1.29 is 4.79 Å². The van der Waals surface area contributed by atoms with Gasteiger partial charge in [0.1, 0.15) is 5.69 Å². The maximum atomic E-state index is 11.0. The smallest absolute Gasteiger partial charge is 0.152 e. The average Bonchev–Trinajstić information content (AvgIpc) is 2.39. The molecule has 0 atom stereocenters. The van der Waals surface area contributed by atoms with E-state index in [4.69, 9.17) is 11.5 Å². The number of carbonyl (C=O) groups excluding carboxylic acids is 1. The minimum absolute atomic E-state index is 0.327. The van der Waals surface area contributed by atoms with Crippen molar-refractivity contribution in [3.63, 3.8) is 0 Å². The molecule has 0 heterocycles. The Hall–Kier alpha value is -2.69. The molecule has 0 saturated heterocycles. The van der Waals surface area contributed by atoms with Gasteiger partial charge in [0.25, 0.3) is 0 Å². The Kier molecular flexibility index (Phi) is 3.56. The van der Waals surface area contributed by atoms with Crippen LogP contribution in [0.25, 0.3) is 0 Å². The highest BCUT2D eigenvalue weighted by atomic mass is 16.1. The normalized spacial score (nSPS) is 10.8. The maximum Gasteiger partial charge on any atom is 0.152 e. The van der Waals surface area contributed by atoms with Crippen LogP contribution in [0.3, 0.4) is 0 Å². The lowest BCUT2D eigenvalue weighted by atomic mass is 10.1. The molecule has 0 aliphatic carbocycles. The van der Waals surface area contributed by atoms with Crippen LogP contribution in [0.4, 0.5) is 22.7 Å². The zero-order chi connectivity index (χ0) is 13.8. The van der Waals surface area contributed by atoms with Crippen LogP contribution in [0.2, 0.25) is 0 Å². The highest BCUT2D eigenvalue weighted by molar-refractivity contribution is 5.90. The third kappa shape index (κ3) is 2.95. The van der Waals surface area contributed by atoms with Crippen molar-refractivity contribution in [3.8, 4) is 0 Å². The molecule has 2 aromatic carbocycles. The van der Waals surface area contributed by atoms with Gasteiger partial charge in [0.2, 0.25) is 0 Å². The van der Waals surface area contributed by atoms with Crippen LogP contribution >= 0.6 is 0 Å². The van der Waals surface area contributed by atoms with Gasteiger partial charge in [-0.1, -0.05) is 17.7 Å². The number of hydrogen-bond acceptors (Lipinski definition) is 5. The van der Waals surface area contributed by atoms with Gasteiger partial charge in [-0.2, -0.15) is 5.11 Å². The van der Waals surface area contributed by atoms with E-state index in [0.29, 0.717) is 34.6 Å². The molecule has 0 saturated carbocycles. The molecule has 0 aliphatic rings. The first-order valence-electron chi connectivity index (χ1n) is 5.73. The first-order chi connectivity index (χ1) is 9.10. The van der Waals surface area contributed by atoms with Gasteiger partial charge < -0.3 is 11.5 Å². The molecule has 0 fully saturated rings. The minimum Gasteiger partial charge on any atom is -0.399 e. The van der Waals surface area contributed by atoms with Crippen LogP contribution in [-0.2, 0) is 0 Å². The molecular formula is C14H14N4O. The maximum absolute atomic E-state index is 11.0. The number of rotatable bonds is 3. The highest BCUT2D eigenvalue weighted by Gasteiger charge is 2.06. The van der Waals surface area contributed by atoms with E-state index in [-0.39, 0.29) is 0 Å². The van der Waals surface area contributed by atoms with E-state index in [1.165, 1.54) is 6.07 Å². The summed E-state index contributed by atoms with van der Waals surface area (Å²) in [6.45, 7) is 1.99. The molecular weight excluding hydrogens is 240 g/mol. The van der Waals surface area contributed by atoms with Gasteiger partial charge in [-0.25, -0.2) is 0 Å². The lowest BCUT2D eigenvalue weighted by Crippen LogP contribution is -1.94. The Morgan fingerprint density at radius 2 is 1.74 bits per heavy atom. The number of aldehydes is 1. The zero-order valence-corrected chi connectivity index (χ0v) is 10.5. The Balaban J connectivity index is 2.37. The molecule has 0 aliphatic heterocycles. The molecule has 5 nitrogen and oxygen atoms in total. The van der Waals surface area contributed by atoms with E-state index in [0.717, 1.165) is 5.56 Å². The van der Waals surface area contributed by atoms with Crippen molar-refractivity contribution in [3.05, 3.63) is 47.5 Å². The molecule has 96 valence electrons. The molecule has 0 spiro atoms. The first kappa shape index (κ1) is 12.8. The van der Waals surface area contributed by atoms with Crippen molar-refractivity contribution in [2.75, 3.05) is 11.5 Å². The van der Waals surface area contributed by atoms with Crippen LogP contribution in [0.1, 0.15) is 15.9 Å². The summed E-state index contributed by atoms with van der Waals surface area (Å²) < 4.78 is 0. The largest absolute Gasteiger partial charge is 0.399 e. The number of nitrogen functional groups attached to an aromatic ring is 2. The SMILES string of the molecule is Cc1ccc(N=Nc2c(N)cc(N)cc2C=O)cc1. The van der Waals surface area contributed by atoms with Crippen molar-refractivity contribution in [1.29, 1.82) is 0 Å². The van der Waals surface area contributed by atoms with Gasteiger partial charge in [0.05, 0.1) is 11.4 Å². The van der Waals surface area contributed by atoms with Crippen LogP contribution in [-0.4, -0.2) is 6.29 Å². The van der Waals surface area contributed by atoms with Crippen LogP contribution in [0.5, 0.6) is 0 Å². The number of nitrogens with zero attached hydrogens (tertiary/aromatic N) is 2. The van der Waals surface area contributed by atoms with Crippen LogP contribution in [0, 0.1) is 6.92 Å². The number of nitrogens with two attached hydrogens (primary N) is 2. The Morgan fingerprint density at radius 1 is 1.05 bits per heavy atom. The van der Waals surface area contributed by atoms with E-state index in [9.17, 15) is 4.79 Å². The van der Waals surface area contributed by atoms with Gasteiger partial charge in [0, 0.05) is 11.3 Å². The van der Waals surface area contributed by atoms with Crippen LogP contribution < -0.4 is 11.5 Å². The molecule has 2 rings (SSSR count). The summed E-state index contributed by atoms with van der Waals surface area (Å²) in [5.41, 5.74) is 14.7. The second-order valence-corrected chi connectivity index (χ2v) is 4.20. The van der Waals surface area contributed by atoms with Crippen molar-refractivity contribution >= 4 is 29.0 Å². The molecule has 5 heteroatoms. The van der Waals surface area contributed by atoms with E-state index < -0.39 is 0 Å². The summed E-state index contributed by atoms with van der Waals surface area (Å²) in [7, 11) is 0. The summed E-state index contributed by atoms with van der Waals surface area (Å²) in [6, 6.07) is 10.6. The van der Waals surface area contributed by atoms with Crippen molar-refractivity contribution in [2.24, 2.45) is 10.2 Å². The number of azo groups is 1. The van der Waals surface area contributed by atoms with E-state index in [1.54, 1.807) is 6.07 Å². The summed E-state index contributed by atoms with van der Waals surface area (Å²) in [5, 5.41) is 8.09. The monoisotopic (exact) mass is 254 g/mol. The van der Waals surface area contributed by atoms with Crippen molar-refractivity contribution in [2.45, 2.75) is 6.92 Å². The Bertz CT molecular complexity index is 633. The lowest BCUT2D eigenvalue weighted by Gasteiger charge is -2.04. The lowest BCUT2D eigenvalue weighted by molar-refractivity contribution is 0.112. The number of carbonyl (C=O) groups is 1. The second-order valence-electron chi connectivity index (χ2n) is 4.20. The molecule has 0 unspecified atom stereocenters. The molecule has 0 radical (unpaired) electrons. The van der Waals surface area contributed by atoms with Crippen molar-refractivity contribution in [1.82, 2.24) is 0 Å². The standard InChI is InChI=1S/C14H14N4O/c1-9-2-4-12(5-3-9)17-18-14-10(8-19)6-11(15)7-13(14)16/h2-8H,15-16H2,1H3. The summed E-state index contributed by atoms with van der Waals surface area (Å²) >= 11 is 0. The van der Waals surface area contributed by atoms with Gasteiger partial charge in [-0.15, -0.1) is 5.11 Å². The predicted octanol–water partition coefficient (Wildman–Crippen LogP) is 3.39. The fraction of sp³-hybridized carbons (Fsp3) is 0.0714. The third-order valence-electron chi connectivity index (χ3n) is 2.62. The molecule has 0 bridgehead atoms. The Morgan fingerprint density at radius 3 is 2.37 bits per heavy atom. The second kappa shape index (κ2) is 5.30. The van der Waals surface area contributed by atoms with Gasteiger partial charge in [-0.3, -0.25) is 4.79 Å². The summed E-state index contributed by atoms with van der Waals surface area (Å²) in [5.74, 6) is 0. The molecule has 0 aromatic heterocycles. The predicted molar refractivity (Wildman–Crippen MR) is 76.0 cm³/mol. The zero-order valence-electron chi connectivity index (χ0n) is 10.5. The minimum atomic E-state index is 0.327. The summed E-state index contributed by atoms with van der Waals surface area (Å²) in [4.78, 5) is 11.0. The number of benzene rings is 2. The number of anilines is 2. The van der Waals surface area contributed by atoms with Gasteiger partial charge >= 0.3 is 0 Å². The third-order valence-corrected chi connectivity index (χ3v) is 2.62. The molecule has 19 heavy (non-hydrogen) atoms. The highest BCUT2D eigenvalue weighted by Crippen LogP contribution is 2.30. The quantitative estimate of drug-likeness (QED) is 0.499. The molecule has 4 N–H and O–H groups in total. The van der Waals surface area contributed by atoms with E-state index in [1.807, 2.05) is 31.2 Å². The topological polar surface area (TPSA) is 93.8 Å². The molecule has 2 aromatic rings. The Labute approximate surface area is 111 Å². The fourth-order valence-electron chi connectivity index (χ4n) is 1.63. The van der Waals surface area contributed by atoms with E-state index >= 15 is 0 Å². The van der Waals surface area contributed by atoms with Gasteiger partial charge in [-0.05, 0) is 31.2 Å². The van der Waals surface area contributed by atoms with Crippen LogP contribution in [0.15, 0.2) is 46.6 Å². The fourth-order valence-corrected chi connectivity index (χ4v) is 1.63. The first-order valence-corrected chi connectivity index (χ1v) is 5.73.